The third-order valence-electron chi connectivity index (χ3n) is 3.47. The molecule has 0 radical (unpaired) electrons. The van der Waals surface area contributed by atoms with Gasteiger partial charge < -0.3 is 10.6 Å². The molecule has 3 atom stereocenters. The maximum absolute atomic E-state index is 11.9. The van der Waals surface area contributed by atoms with E-state index in [-0.39, 0.29) is 24.4 Å². The molecule has 2 unspecified atom stereocenters. The molecule has 3 nitrogen and oxygen atoms in total. The topological polar surface area (TPSA) is 41.1 Å². The molecule has 17 heavy (non-hydrogen) atoms. The third kappa shape index (κ3) is 6.27. The van der Waals surface area contributed by atoms with Crippen molar-refractivity contribution in [2.75, 3.05) is 6.54 Å². The van der Waals surface area contributed by atoms with Crippen molar-refractivity contribution >= 4 is 18.3 Å². The van der Waals surface area contributed by atoms with Crippen molar-refractivity contribution in [1.82, 2.24) is 10.6 Å². The Labute approximate surface area is 112 Å². The summed E-state index contributed by atoms with van der Waals surface area (Å²) in [7, 11) is 0. The van der Waals surface area contributed by atoms with Crippen molar-refractivity contribution in [1.29, 1.82) is 0 Å². The summed E-state index contributed by atoms with van der Waals surface area (Å²) in [5, 5.41) is 6.39. The Hall–Kier alpha value is -0.280. The van der Waals surface area contributed by atoms with E-state index in [9.17, 15) is 4.79 Å². The lowest BCUT2D eigenvalue weighted by Gasteiger charge is -2.25. The minimum Gasteiger partial charge on any atom is -0.352 e. The maximum Gasteiger partial charge on any atom is 0.237 e. The number of amides is 1. The Balaban J connectivity index is 0.00000256. The summed E-state index contributed by atoms with van der Waals surface area (Å²) in [5.74, 6) is 0.880. The lowest BCUT2D eigenvalue weighted by molar-refractivity contribution is -0.124. The fourth-order valence-electron chi connectivity index (χ4n) is 2.25. The summed E-state index contributed by atoms with van der Waals surface area (Å²) in [5.41, 5.74) is 0. The van der Waals surface area contributed by atoms with Crippen molar-refractivity contribution in [2.24, 2.45) is 5.92 Å². The van der Waals surface area contributed by atoms with Gasteiger partial charge in [0.15, 0.2) is 0 Å². The van der Waals surface area contributed by atoms with E-state index in [4.69, 9.17) is 0 Å². The number of nitrogens with one attached hydrogen (secondary N) is 2. The molecule has 102 valence electrons. The van der Waals surface area contributed by atoms with E-state index >= 15 is 0 Å². The summed E-state index contributed by atoms with van der Waals surface area (Å²) in [6.07, 6.45) is 5.62. The molecule has 1 fully saturated rings. The number of hydrogen-bond acceptors (Lipinski definition) is 2. The van der Waals surface area contributed by atoms with Gasteiger partial charge in [0.05, 0.1) is 6.04 Å². The van der Waals surface area contributed by atoms with E-state index in [0.29, 0.717) is 12.0 Å². The van der Waals surface area contributed by atoms with Crippen LogP contribution in [-0.4, -0.2) is 24.5 Å². The fourth-order valence-corrected chi connectivity index (χ4v) is 2.25. The SMILES string of the molecule is CCC(C)CC(C)NC(=O)[C@H]1CCCCN1.Cl. The molecule has 0 spiro atoms. The molecule has 0 bridgehead atoms. The molecule has 2 N–H and O–H groups in total. The van der Waals surface area contributed by atoms with Crippen LogP contribution in [0.25, 0.3) is 0 Å². The third-order valence-corrected chi connectivity index (χ3v) is 3.47. The van der Waals surface area contributed by atoms with Gasteiger partial charge in [-0.3, -0.25) is 4.79 Å². The molecule has 1 amide bonds. The van der Waals surface area contributed by atoms with Gasteiger partial charge in [0, 0.05) is 6.04 Å². The monoisotopic (exact) mass is 262 g/mol. The van der Waals surface area contributed by atoms with Crippen molar-refractivity contribution in [2.45, 2.75) is 65.0 Å². The quantitative estimate of drug-likeness (QED) is 0.799. The maximum atomic E-state index is 11.9. The second kappa shape index (κ2) is 8.76. The number of carbonyl (C=O) groups excluding carboxylic acids is 1. The average Bonchev–Trinajstić information content (AvgIpc) is 2.29. The van der Waals surface area contributed by atoms with E-state index in [1.165, 1.54) is 19.3 Å². The van der Waals surface area contributed by atoms with Gasteiger partial charge in [0.2, 0.25) is 5.91 Å². The molecule has 1 heterocycles. The van der Waals surface area contributed by atoms with Crippen LogP contribution in [0.1, 0.15) is 52.9 Å². The van der Waals surface area contributed by atoms with E-state index in [1.54, 1.807) is 0 Å². The predicted octanol–water partition coefficient (Wildman–Crippen LogP) is 2.49. The molecule has 0 aromatic carbocycles. The van der Waals surface area contributed by atoms with Crippen LogP contribution in [0.3, 0.4) is 0 Å². The van der Waals surface area contributed by atoms with Crippen LogP contribution in [0.4, 0.5) is 0 Å². The lowest BCUT2D eigenvalue weighted by atomic mass is 9.99. The van der Waals surface area contributed by atoms with Gasteiger partial charge in [-0.1, -0.05) is 26.7 Å². The fraction of sp³-hybridized carbons (Fsp3) is 0.923. The highest BCUT2D eigenvalue weighted by molar-refractivity contribution is 5.85. The molecule has 1 aliphatic rings. The zero-order valence-electron chi connectivity index (χ0n) is 11.3. The molecule has 1 aliphatic heterocycles. The van der Waals surface area contributed by atoms with Crippen molar-refractivity contribution in [3.8, 4) is 0 Å². The highest BCUT2D eigenvalue weighted by Crippen LogP contribution is 2.11. The largest absolute Gasteiger partial charge is 0.352 e. The van der Waals surface area contributed by atoms with Crippen LogP contribution in [0, 0.1) is 5.92 Å². The van der Waals surface area contributed by atoms with E-state index < -0.39 is 0 Å². The summed E-state index contributed by atoms with van der Waals surface area (Å²) >= 11 is 0. The van der Waals surface area contributed by atoms with Crippen LogP contribution in [0.15, 0.2) is 0 Å². The second-order valence-electron chi connectivity index (χ2n) is 5.16. The summed E-state index contributed by atoms with van der Waals surface area (Å²) in [4.78, 5) is 11.9. The Bertz CT molecular complexity index is 217. The van der Waals surface area contributed by atoms with Crippen LogP contribution in [0.2, 0.25) is 0 Å². The van der Waals surface area contributed by atoms with E-state index in [1.807, 2.05) is 0 Å². The Kier molecular flexibility index (Phi) is 8.61. The molecular formula is C13H27ClN2O. The Morgan fingerprint density at radius 2 is 2.12 bits per heavy atom. The first-order valence-corrected chi connectivity index (χ1v) is 6.67. The minimum absolute atomic E-state index is 0. The number of piperidine rings is 1. The van der Waals surface area contributed by atoms with Gasteiger partial charge in [0.1, 0.15) is 0 Å². The summed E-state index contributed by atoms with van der Waals surface area (Å²) in [6, 6.07) is 0.347. The van der Waals surface area contributed by atoms with Crippen molar-refractivity contribution in [3.05, 3.63) is 0 Å². The van der Waals surface area contributed by atoms with Gasteiger partial charge >= 0.3 is 0 Å². The Morgan fingerprint density at radius 1 is 1.41 bits per heavy atom. The first kappa shape index (κ1) is 16.7. The molecule has 0 saturated carbocycles. The molecular weight excluding hydrogens is 236 g/mol. The normalized spacial score (nSPS) is 23.4. The molecule has 4 heteroatoms. The summed E-state index contributed by atoms with van der Waals surface area (Å²) < 4.78 is 0. The zero-order valence-corrected chi connectivity index (χ0v) is 12.1. The smallest absolute Gasteiger partial charge is 0.237 e. The highest BCUT2D eigenvalue weighted by Gasteiger charge is 2.21. The molecule has 0 aromatic heterocycles. The van der Waals surface area contributed by atoms with Gasteiger partial charge in [-0.15, -0.1) is 12.4 Å². The van der Waals surface area contributed by atoms with Gasteiger partial charge in [-0.25, -0.2) is 0 Å². The molecule has 0 aliphatic carbocycles. The van der Waals surface area contributed by atoms with Crippen LogP contribution in [-0.2, 0) is 4.79 Å². The number of carbonyl (C=O) groups is 1. The average molecular weight is 263 g/mol. The van der Waals surface area contributed by atoms with Crippen molar-refractivity contribution in [3.63, 3.8) is 0 Å². The molecule has 0 aromatic rings. The van der Waals surface area contributed by atoms with Crippen LogP contribution >= 0.6 is 12.4 Å². The minimum atomic E-state index is 0. The highest BCUT2D eigenvalue weighted by atomic mass is 35.5. The van der Waals surface area contributed by atoms with E-state index in [2.05, 4.69) is 31.4 Å². The Morgan fingerprint density at radius 3 is 2.65 bits per heavy atom. The summed E-state index contributed by atoms with van der Waals surface area (Å²) in [6.45, 7) is 7.52. The zero-order chi connectivity index (χ0) is 12.0. The predicted molar refractivity (Wildman–Crippen MR) is 74.6 cm³/mol. The number of rotatable bonds is 5. The second-order valence-corrected chi connectivity index (χ2v) is 5.16. The van der Waals surface area contributed by atoms with Crippen molar-refractivity contribution < 1.29 is 4.79 Å². The van der Waals surface area contributed by atoms with Gasteiger partial charge in [-0.2, -0.15) is 0 Å². The first-order chi connectivity index (χ1) is 7.63. The van der Waals surface area contributed by atoms with Gasteiger partial charge in [-0.05, 0) is 38.6 Å². The molecule has 1 saturated heterocycles. The van der Waals surface area contributed by atoms with Crippen LogP contribution < -0.4 is 10.6 Å². The molecule has 1 rings (SSSR count). The van der Waals surface area contributed by atoms with E-state index in [0.717, 1.165) is 19.4 Å². The standard InChI is InChI=1S/C13H26N2O.ClH/c1-4-10(2)9-11(3)15-13(16)12-7-5-6-8-14-12;/h10-12,14H,4-9H2,1-3H3,(H,15,16);1H/t10?,11?,12-;/m1./s1. The van der Waals surface area contributed by atoms with Crippen LogP contribution in [0.5, 0.6) is 0 Å². The number of hydrogen-bond donors (Lipinski definition) is 2. The van der Waals surface area contributed by atoms with Gasteiger partial charge in [0.25, 0.3) is 0 Å². The first-order valence-electron chi connectivity index (χ1n) is 6.67. The number of halogens is 1. The lowest BCUT2D eigenvalue weighted by Crippen LogP contribution is -2.49.